The Balaban J connectivity index is 2.00. The zero-order valence-electron chi connectivity index (χ0n) is 15.9. The fraction of sp³-hybridized carbons (Fsp3) is 0.529. The van der Waals surface area contributed by atoms with Gasteiger partial charge in [0.25, 0.3) is 0 Å². The van der Waals surface area contributed by atoms with Crippen LogP contribution in [0.1, 0.15) is 40.2 Å². The molecule has 8 nitrogen and oxygen atoms in total. The summed E-state index contributed by atoms with van der Waals surface area (Å²) in [4.78, 5) is 12.6. The van der Waals surface area contributed by atoms with E-state index in [-0.39, 0.29) is 12.6 Å². The monoisotopic (exact) mass is 358 g/mol. The second-order valence-electron chi connectivity index (χ2n) is 7.38. The highest BCUT2D eigenvalue weighted by atomic mass is 16.7. The van der Waals surface area contributed by atoms with Crippen LogP contribution in [0.4, 0.5) is 0 Å². The number of esters is 1. The molecule has 1 fully saturated rings. The van der Waals surface area contributed by atoms with Crippen LogP contribution in [-0.2, 0) is 32.5 Å². The molecule has 1 aromatic carbocycles. The summed E-state index contributed by atoms with van der Waals surface area (Å²) in [6, 6.07) is 5.64. The van der Waals surface area contributed by atoms with Crippen LogP contribution in [0.15, 0.2) is 18.2 Å². The standard InChI is InChI=1S/C17H23BN4O4/c1-11(23)24-10-13-8-7-12(15-19-21-22(6)20-15)9-14(13)18-25-16(2,3)17(4,5)26-18/h7-9H,10H2,1-6H3. The van der Waals surface area contributed by atoms with Crippen molar-refractivity contribution in [1.82, 2.24) is 20.2 Å². The maximum absolute atomic E-state index is 11.2. The van der Waals surface area contributed by atoms with E-state index in [9.17, 15) is 4.79 Å². The molecule has 0 atom stereocenters. The lowest BCUT2D eigenvalue weighted by Gasteiger charge is -2.32. The van der Waals surface area contributed by atoms with Crippen molar-refractivity contribution >= 4 is 18.6 Å². The molecule has 0 radical (unpaired) electrons. The van der Waals surface area contributed by atoms with E-state index >= 15 is 0 Å². The van der Waals surface area contributed by atoms with Gasteiger partial charge in [0.05, 0.1) is 18.2 Å². The molecule has 26 heavy (non-hydrogen) atoms. The van der Waals surface area contributed by atoms with Gasteiger partial charge in [0, 0.05) is 12.5 Å². The molecule has 1 aliphatic rings. The van der Waals surface area contributed by atoms with E-state index in [4.69, 9.17) is 14.0 Å². The van der Waals surface area contributed by atoms with E-state index in [0.717, 1.165) is 16.6 Å². The normalized spacial score (nSPS) is 18.2. The Kier molecular flexibility index (Phi) is 4.62. The van der Waals surface area contributed by atoms with Crippen molar-refractivity contribution in [3.8, 4) is 11.4 Å². The summed E-state index contributed by atoms with van der Waals surface area (Å²) in [5.41, 5.74) is 1.43. The van der Waals surface area contributed by atoms with E-state index in [1.807, 2.05) is 45.9 Å². The predicted octanol–water partition coefficient (Wildman–Crippen LogP) is 1.24. The molecule has 0 amide bonds. The van der Waals surface area contributed by atoms with Crippen molar-refractivity contribution in [2.24, 2.45) is 7.05 Å². The smallest absolute Gasteiger partial charge is 0.461 e. The molecular weight excluding hydrogens is 335 g/mol. The van der Waals surface area contributed by atoms with Crippen molar-refractivity contribution in [2.75, 3.05) is 0 Å². The molecule has 0 spiro atoms. The summed E-state index contributed by atoms with van der Waals surface area (Å²) < 4.78 is 17.5. The molecule has 2 aromatic rings. The first kappa shape index (κ1) is 18.5. The SMILES string of the molecule is CC(=O)OCc1ccc(-c2nnn(C)n2)cc1B1OC(C)(C)C(C)(C)O1. The third kappa shape index (κ3) is 3.49. The number of aryl methyl sites for hydroxylation is 1. The molecular formula is C17H23BN4O4. The fourth-order valence-electron chi connectivity index (χ4n) is 2.63. The highest BCUT2D eigenvalue weighted by Gasteiger charge is 2.52. The largest absolute Gasteiger partial charge is 0.495 e. The molecule has 0 aliphatic carbocycles. The first-order valence-electron chi connectivity index (χ1n) is 8.45. The van der Waals surface area contributed by atoms with Gasteiger partial charge >= 0.3 is 13.1 Å². The van der Waals surface area contributed by atoms with Gasteiger partial charge in [-0.15, -0.1) is 10.2 Å². The second kappa shape index (κ2) is 6.48. The second-order valence-corrected chi connectivity index (χ2v) is 7.38. The van der Waals surface area contributed by atoms with Crippen LogP contribution in [0.5, 0.6) is 0 Å². The quantitative estimate of drug-likeness (QED) is 0.600. The Labute approximate surface area is 153 Å². The number of tetrazole rings is 1. The number of carbonyl (C=O) groups excluding carboxylic acids is 1. The van der Waals surface area contributed by atoms with E-state index in [0.29, 0.717) is 5.82 Å². The molecule has 3 rings (SSSR count). The molecule has 2 heterocycles. The number of ether oxygens (including phenoxy) is 1. The van der Waals surface area contributed by atoms with Crippen LogP contribution in [0.2, 0.25) is 0 Å². The molecule has 0 bridgehead atoms. The van der Waals surface area contributed by atoms with Crippen LogP contribution < -0.4 is 5.46 Å². The molecule has 9 heteroatoms. The maximum Gasteiger partial charge on any atom is 0.495 e. The highest BCUT2D eigenvalue weighted by Crippen LogP contribution is 2.37. The van der Waals surface area contributed by atoms with Crippen molar-refractivity contribution in [2.45, 2.75) is 52.4 Å². The fourth-order valence-corrected chi connectivity index (χ4v) is 2.63. The summed E-state index contributed by atoms with van der Waals surface area (Å²) in [5, 5.41) is 12.2. The van der Waals surface area contributed by atoms with E-state index < -0.39 is 18.3 Å². The van der Waals surface area contributed by atoms with Gasteiger partial charge in [0.15, 0.2) is 0 Å². The molecule has 1 saturated heterocycles. The minimum Gasteiger partial charge on any atom is -0.461 e. The van der Waals surface area contributed by atoms with Gasteiger partial charge in [0.1, 0.15) is 6.61 Å². The Hall–Kier alpha value is -2.26. The molecule has 0 unspecified atom stereocenters. The number of hydrogen-bond acceptors (Lipinski definition) is 7. The Bertz CT molecular complexity index is 818. The molecule has 1 aromatic heterocycles. The lowest BCUT2D eigenvalue weighted by molar-refractivity contribution is -0.142. The van der Waals surface area contributed by atoms with Crippen LogP contribution in [0, 0.1) is 0 Å². The van der Waals surface area contributed by atoms with Crippen molar-refractivity contribution in [1.29, 1.82) is 0 Å². The van der Waals surface area contributed by atoms with Gasteiger partial charge < -0.3 is 14.0 Å². The number of nitrogens with zero attached hydrogens (tertiary/aromatic N) is 4. The van der Waals surface area contributed by atoms with Crippen molar-refractivity contribution in [3.05, 3.63) is 23.8 Å². The zero-order chi connectivity index (χ0) is 19.1. The van der Waals surface area contributed by atoms with Gasteiger partial charge in [-0.3, -0.25) is 4.79 Å². The average molecular weight is 358 g/mol. The lowest BCUT2D eigenvalue weighted by Crippen LogP contribution is -2.41. The van der Waals surface area contributed by atoms with E-state index in [1.165, 1.54) is 11.7 Å². The minimum atomic E-state index is -0.581. The maximum atomic E-state index is 11.2. The Morgan fingerprint density at radius 1 is 1.23 bits per heavy atom. The number of aromatic nitrogens is 4. The van der Waals surface area contributed by atoms with E-state index in [2.05, 4.69) is 15.4 Å². The number of carbonyl (C=O) groups is 1. The van der Waals surface area contributed by atoms with Gasteiger partial charge in [0.2, 0.25) is 5.82 Å². The summed E-state index contributed by atoms with van der Waals surface area (Å²) in [7, 11) is 1.13. The topological polar surface area (TPSA) is 88.4 Å². The van der Waals surface area contributed by atoms with Gasteiger partial charge in [-0.05, 0) is 43.9 Å². The Morgan fingerprint density at radius 3 is 2.42 bits per heavy atom. The van der Waals surface area contributed by atoms with Crippen LogP contribution >= 0.6 is 0 Å². The van der Waals surface area contributed by atoms with Crippen LogP contribution in [0.25, 0.3) is 11.4 Å². The summed E-state index contributed by atoms with van der Waals surface area (Å²) in [6.45, 7) is 9.49. The third-order valence-electron chi connectivity index (χ3n) is 4.85. The molecule has 0 saturated carbocycles. The number of hydrogen-bond donors (Lipinski definition) is 0. The van der Waals surface area contributed by atoms with E-state index in [1.54, 1.807) is 7.05 Å². The summed E-state index contributed by atoms with van der Waals surface area (Å²) in [5.74, 6) is 0.161. The van der Waals surface area contributed by atoms with Crippen LogP contribution in [0.3, 0.4) is 0 Å². The van der Waals surface area contributed by atoms with Crippen molar-refractivity contribution in [3.63, 3.8) is 0 Å². The molecule has 1 aliphatic heterocycles. The molecule has 0 N–H and O–H groups in total. The first-order valence-corrected chi connectivity index (χ1v) is 8.45. The van der Waals surface area contributed by atoms with Crippen molar-refractivity contribution < 1.29 is 18.8 Å². The summed E-state index contributed by atoms with van der Waals surface area (Å²) >= 11 is 0. The highest BCUT2D eigenvalue weighted by molar-refractivity contribution is 6.62. The minimum absolute atomic E-state index is 0.142. The third-order valence-corrected chi connectivity index (χ3v) is 4.85. The van der Waals surface area contributed by atoms with Gasteiger partial charge in [-0.25, -0.2) is 0 Å². The average Bonchev–Trinajstić information content (AvgIpc) is 3.06. The van der Waals surface area contributed by atoms with Crippen LogP contribution in [-0.4, -0.2) is 44.5 Å². The van der Waals surface area contributed by atoms with Gasteiger partial charge in [-0.1, -0.05) is 18.2 Å². The lowest BCUT2D eigenvalue weighted by atomic mass is 9.75. The Morgan fingerprint density at radius 2 is 1.88 bits per heavy atom. The number of benzene rings is 1. The zero-order valence-corrected chi connectivity index (χ0v) is 15.9. The first-order chi connectivity index (χ1) is 12.1. The van der Waals surface area contributed by atoms with Gasteiger partial charge in [-0.2, -0.15) is 4.80 Å². The predicted molar refractivity (Wildman–Crippen MR) is 95.4 cm³/mol. The number of rotatable bonds is 4. The summed E-state index contributed by atoms with van der Waals surface area (Å²) in [6.07, 6.45) is 0. The molecule has 138 valence electrons.